The van der Waals surface area contributed by atoms with Gasteiger partial charge in [0.25, 0.3) is 0 Å². The third-order valence-electron chi connectivity index (χ3n) is 3.67. The molecule has 1 aromatic rings. The summed E-state index contributed by atoms with van der Waals surface area (Å²) >= 11 is 0. The Morgan fingerprint density at radius 3 is 2.40 bits per heavy atom. The number of nitrogens with one attached hydrogen (secondary N) is 2. The highest BCUT2D eigenvalue weighted by Gasteiger charge is 2.43. The van der Waals surface area contributed by atoms with E-state index in [-0.39, 0.29) is 24.0 Å². The van der Waals surface area contributed by atoms with E-state index in [1.807, 2.05) is 0 Å². The van der Waals surface area contributed by atoms with Gasteiger partial charge in [0, 0.05) is 18.5 Å². The molecule has 0 spiro atoms. The fourth-order valence-electron chi connectivity index (χ4n) is 2.30. The van der Waals surface area contributed by atoms with E-state index in [0.717, 1.165) is 32.0 Å². The summed E-state index contributed by atoms with van der Waals surface area (Å²) < 4.78 is 0. The van der Waals surface area contributed by atoms with Crippen molar-refractivity contribution in [2.75, 3.05) is 19.6 Å². The summed E-state index contributed by atoms with van der Waals surface area (Å²) in [7, 11) is 0. The Morgan fingerprint density at radius 1 is 1.15 bits per heavy atom. The van der Waals surface area contributed by atoms with Crippen LogP contribution >= 0.6 is 24.0 Å². The molecule has 1 fully saturated rings. The van der Waals surface area contributed by atoms with E-state index in [2.05, 4.69) is 54.8 Å². The average molecular weight is 387 g/mol. The third kappa shape index (κ3) is 4.65. The lowest BCUT2D eigenvalue weighted by Crippen LogP contribution is -2.38. The third-order valence-corrected chi connectivity index (χ3v) is 3.67. The van der Waals surface area contributed by atoms with Gasteiger partial charge in [0.05, 0.1) is 6.54 Å². The molecule has 2 N–H and O–H groups in total. The van der Waals surface area contributed by atoms with Crippen LogP contribution in [-0.4, -0.2) is 25.6 Å². The van der Waals surface area contributed by atoms with Crippen LogP contribution in [0.2, 0.25) is 0 Å². The highest BCUT2D eigenvalue weighted by atomic mass is 127. The number of aliphatic imine (C=N–C) groups is 1. The zero-order valence-electron chi connectivity index (χ0n) is 12.5. The first-order chi connectivity index (χ1) is 9.30. The second-order valence-corrected chi connectivity index (χ2v) is 5.27. The quantitative estimate of drug-likeness (QED) is 0.447. The van der Waals surface area contributed by atoms with Crippen molar-refractivity contribution in [1.82, 2.24) is 10.6 Å². The molecule has 4 heteroatoms. The Bertz CT molecular complexity index is 413. The molecule has 0 aliphatic heterocycles. The minimum Gasteiger partial charge on any atom is -0.357 e. The van der Waals surface area contributed by atoms with E-state index in [1.165, 1.54) is 18.4 Å². The van der Waals surface area contributed by atoms with Gasteiger partial charge >= 0.3 is 0 Å². The summed E-state index contributed by atoms with van der Waals surface area (Å²) in [6.07, 6.45) is 3.63. The molecule has 3 nitrogen and oxygen atoms in total. The second kappa shape index (κ2) is 8.49. The molecule has 0 aromatic heterocycles. The van der Waals surface area contributed by atoms with Crippen molar-refractivity contribution in [3.63, 3.8) is 0 Å². The van der Waals surface area contributed by atoms with Gasteiger partial charge in [-0.25, -0.2) is 0 Å². The van der Waals surface area contributed by atoms with Gasteiger partial charge < -0.3 is 10.6 Å². The Balaban J connectivity index is 0.00000200. The molecular weight excluding hydrogens is 361 g/mol. The largest absolute Gasteiger partial charge is 0.357 e. The van der Waals surface area contributed by atoms with Crippen LogP contribution < -0.4 is 10.6 Å². The van der Waals surface area contributed by atoms with E-state index >= 15 is 0 Å². The maximum absolute atomic E-state index is 4.76. The van der Waals surface area contributed by atoms with Gasteiger partial charge in [-0.15, -0.1) is 24.0 Å². The molecule has 1 aromatic carbocycles. The normalized spacial score (nSPS) is 16.2. The van der Waals surface area contributed by atoms with Crippen LogP contribution in [0.5, 0.6) is 0 Å². The summed E-state index contributed by atoms with van der Waals surface area (Å²) in [5, 5.41) is 6.67. The van der Waals surface area contributed by atoms with E-state index in [1.54, 1.807) is 0 Å². The van der Waals surface area contributed by atoms with Crippen molar-refractivity contribution in [3.8, 4) is 0 Å². The minimum atomic E-state index is 0. The Morgan fingerprint density at radius 2 is 1.85 bits per heavy atom. The van der Waals surface area contributed by atoms with Crippen LogP contribution in [0.25, 0.3) is 0 Å². The van der Waals surface area contributed by atoms with Crippen LogP contribution in [0.15, 0.2) is 35.3 Å². The monoisotopic (exact) mass is 387 g/mol. The number of benzene rings is 1. The summed E-state index contributed by atoms with van der Waals surface area (Å²) in [4.78, 5) is 4.76. The summed E-state index contributed by atoms with van der Waals surface area (Å²) in [6.45, 7) is 7.05. The maximum atomic E-state index is 4.76. The summed E-state index contributed by atoms with van der Waals surface area (Å²) in [6, 6.07) is 10.8. The molecule has 0 radical (unpaired) electrons. The van der Waals surface area contributed by atoms with Crippen molar-refractivity contribution in [1.29, 1.82) is 0 Å². The van der Waals surface area contributed by atoms with Crippen molar-refractivity contribution in [2.45, 2.75) is 38.5 Å². The molecule has 0 saturated heterocycles. The van der Waals surface area contributed by atoms with Gasteiger partial charge in [0.15, 0.2) is 5.96 Å². The molecule has 0 unspecified atom stereocenters. The zero-order chi connectivity index (χ0) is 13.6. The number of nitrogens with zero attached hydrogens (tertiary/aromatic N) is 1. The number of hydrogen-bond donors (Lipinski definition) is 2. The van der Waals surface area contributed by atoms with Gasteiger partial charge in [-0.05, 0) is 31.7 Å². The van der Waals surface area contributed by atoms with Crippen LogP contribution in [0.1, 0.15) is 38.7 Å². The van der Waals surface area contributed by atoms with Gasteiger partial charge in [-0.1, -0.05) is 37.3 Å². The van der Waals surface area contributed by atoms with Crippen molar-refractivity contribution in [2.24, 2.45) is 4.99 Å². The number of halogens is 1. The fourth-order valence-corrected chi connectivity index (χ4v) is 2.30. The van der Waals surface area contributed by atoms with Crippen LogP contribution in [-0.2, 0) is 5.41 Å². The van der Waals surface area contributed by atoms with E-state index in [0.29, 0.717) is 5.41 Å². The molecule has 0 bridgehead atoms. The number of guanidine groups is 1. The maximum Gasteiger partial charge on any atom is 0.191 e. The molecule has 0 amide bonds. The van der Waals surface area contributed by atoms with Crippen molar-refractivity contribution >= 4 is 29.9 Å². The predicted octanol–water partition coefficient (Wildman–Crippen LogP) is 3.30. The summed E-state index contributed by atoms with van der Waals surface area (Å²) in [5.74, 6) is 0.951. The van der Waals surface area contributed by atoms with Gasteiger partial charge in [0.2, 0.25) is 0 Å². The number of rotatable bonds is 6. The highest BCUT2D eigenvalue weighted by Crippen LogP contribution is 2.48. The van der Waals surface area contributed by atoms with Crippen LogP contribution in [0, 0.1) is 0 Å². The topological polar surface area (TPSA) is 36.4 Å². The van der Waals surface area contributed by atoms with Crippen molar-refractivity contribution < 1.29 is 0 Å². The molecule has 0 heterocycles. The van der Waals surface area contributed by atoms with Crippen molar-refractivity contribution in [3.05, 3.63) is 35.9 Å². The molecule has 1 saturated carbocycles. The van der Waals surface area contributed by atoms with E-state index in [9.17, 15) is 0 Å². The van der Waals surface area contributed by atoms with Crippen LogP contribution in [0.4, 0.5) is 0 Å². The fraction of sp³-hybridized carbons (Fsp3) is 0.562. The summed E-state index contributed by atoms with van der Waals surface area (Å²) in [5.41, 5.74) is 1.74. The lowest BCUT2D eigenvalue weighted by molar-refractivity contribution is 0.691. The average Bonchev–Trinajstić information content (AvgIpc) is 3.24. The first-order valence-electron chi connectivity index (χ1n) is 7.38. The lowest BCUT2D eigenvalue weighted by Gasteiger charge is -2.15. The second-order valence-electron chi connectivity index (χ2n) is 5.27. The first-order valence-corrected chi connectivity index (χ1v) is 7.38. The van der Waals surface area contributed by atoms with E-state index in [4.69, 9.17) is 4.99 Å². The van der Waals surface area contributed by atoms with E-state index < -0.39 is 0 Å². The standard InChI is InChI=1S/C16H25N3.HI/c1-3-12-18-15(17-4-2)19-13-16(10-11-16)14-8-6-5-7-9-14;/h5-9H,3-4,10-13H2,1-2H3,(H2,17,18,19);1H. The smallest absolute Gasteiger partial charge is 0.191 e. The molecule has 112 valence electrons. The Kier molecular flexibility index (Phi) is 7.34. The molecule has 0 atom stereocenters. The zero-order valence-corrected chi connectivity index (χ0v) is 14.8. The first kappa shape index (κ1) is 17.3. The highest BCUT2D eigenvalue weighted by molar-refractivity contribution is 14.0. The minimum absolute atomic E-state index is 0. The SMILES string of the molecule is CCCNC(=NCC1(c2ccccc2)CC1)NCC.I. The Hall–Kier alpha value is -0.780. The molecular formula is C16H26IN3. The molecule has 20 heavy (non-hydrogen) atoms. The predicted molar refractivity (Wildman–Crippen MR) is 97.0 cm³/mol. The lowest BCUT2D eigenvalue weighted by atomic mass is 9.96. The molecule has 1 aliphatic carbocycles. The van der Waals surface area contributed by atoms with Gasteiger partial charge in [0.1, 0.15) is 0 Å². The Labute approximate surface area is 139 Å². The van der Waals surface area contributed by atoms with Gasteiger partial charge in [-0.2, -0.15) is 0 Å². The van der Waals surface area contributed by atoms with Crippen LogP contribution in [0.3, 0.4) is 0 Å². The molecule has 2 rings (SSSR count). The number of hydrogen-bond acceptors (Lipinski definition) is 1. The molecule has 1 aliphatic rings. The van der Waals surface area contributed by atoms with Gasteiger partial charge in [-0.3, -0.25) is 4.99 Å².